The van der Waals surface area contributed by atoms with Gasteiger partial charge in [-0.1, -0.05) is 12.1 Å². The van der Waals surface area contributed by atoms with Crippen molar-refractivity contribution in [3.63, 3.8) is 0 Å². The van der Waals surface area contributed by atoms with E-state index in [4.69, 9.17) is 5.73 Å². The molecule has 0 radical (unpaired) electrons. The summed E-state index contributed by atoms with van der Waals surface area (Å²) in [6, 6.07) is 11.2. The summed E-state index contributed by atoms with van der Waals surface area (Å²) in [6.45, 7) is 2.07. The van der Waals surface area contributed by atoms with Crippen molar-refractivity contribution in [2.75, 3.05) is 36.8 Å². The zero-order valence-electron chi connectivity index (χ0n) is 13.5. The summed E-state index contributed by atoms with van der Waals surface area (Å²) in [4.78, 5) is 26.6. The first-order valence-corrected chi connectivity index (χ1v) is 7.83. The average molecular weight is 342 g/mol. The molecule has 25 heavy (non-hydrogen) atoms. The van der Waals surface area contributed by atoms with E-state index in [2.05, 4.69) is 0 Å². The molecule has 0 unspecified atom stereocenters. The number of phenols is 1. The van der Waals surface area contributed by atoms with Crippen LogP contribution in [0.5, 0.6) is 5.75 Å². The lowest BCUT2D eigenvalue weighted by Crippen LogP contribution is -2.48. The highest BCUT2D eigenvalue weighted by molar-refractivity contribution is 5.95. The topological polar surface area (TPSA) is 113 Å². The Bertz CT molecular complexity index is 816. The molecule has 3 rings (SSSR count). The van der Waals surface area contributed by atoms with E-state index in [9.17, 15) is 20.0 Å². The molecule has 0 aliphatic carbocycles. The monoisotopic (exact) mass is 342 g/mol. The molecule has 8 nitrogen and oxygen atoms in total. The maximum absolute atomic E-state index is 12.6. The third-order valence-electron chi connectivity index (χ3n) is 4.26. The third kappa shape index (κ3) is 3.32. The van der Waals surface area contributed by atoms with Gasteiger partial charge in [-0.25, -0.2) is 0 Å². The Labute approximate surface area is 144 Å². The van der Waals surface area contributed by atoms with E-state index < -0.39 is 4.92 Å². The van der Waals surface area contributed by atoms with Gasteiger partial charge in [-0.3, -0.25) is 14.9 Å². The highest BCUT2D eigenvalue weighted by Crippen LogP contribution is 2.28. The number of benzene rings is 2. The Kier molecular flexibility index (Phi) is 4.42. The predicted octanol–water partition coefficient (Wildman–Crippen LogP) is 1.85. The molecule has 1 aliphatic rings. The molecule has 0 atom stereocenters. The van der Waals surface area contributed by atoms with E-state index in [0.717, 1.165) is 5.69 Å². The standard InChI is InChI=1S/C17H18N4O4/c18-13-6-5-12(11-15(13)21(24)25)17(23)20-9-7-19(8-10-20)14-3-1-2-4-16(14)22/h1-6,11,22H,7-10,18H2. The second kappa shape index (κ2) is 6.68. The number of nitrogens with two attached hydrogens (primary N) is 1. The van der Waals surface area contributed by atoms with Gasteiger partial charge in [-0.15, -0.1) is 0 Å². The first-order valence-electron chi connectivity index (χ1n) is 7.83. The highest BCUT2D eigenvalue weighted by atomic mass is 16.6. The van der Waals surface area contributed by atoms with Gasteiger partial charge in [-0.05, 0) is 24.3 Å². The number of piperazine rings is 1. The quantitative estimate of drug-likeness (QED) is 0.500. The van der Waals surface area contributed by atoms with Crippen LogP contribution in [0.2, 0.25) is 0 Å². The van der Waals surface area contributed by atoms with Crippen LogP contribution in [0, 0.1) is 10.1 Å². The van der Waals surface area contributed by atoms with Crippen molar-refractivity contribution in [1.29, 1.82) is 0 Å². The maximum atomic E-state index is 12.6. The molecule has 0 aromatic heterocycles. The zero-order valence-corrected chi connectivity index (χ0v) is 13.5. The van der Waals surface area contributed by atoms with Gasteiger partial charge < -0.3 is 20.6 Å². The number of aromatic hydroxyl groups is 1. The Hall–Kier alpha value is -3.29. The molecule has 1 saturated heterocycles. The lowest BCUT2D eigenvalue weighted by atomic mass is 10.1. The molecule has 0 saturated carbocycles. The number of amides is 1. The van der Waals surface area contributed by atoms with Crippen molar-refractivity contribution < 1.29 is 14.8 Å². The second-order valence-electron chi connectivity index (χ2n) is 5.80. The number of carbonyl (C=O) groups is 1. The largest absolute Gasteiger partial charge is 0.506 e. The van der Waals surface area contributed by atoms with Gasteiger partial charge in [0.25, 0.3) is 11.6 Å². The van der Waals surface area contributed by atoms with E-state index in [1.54, 1.807) is 17.0 Å². The number of anilines is 2. The molecular weight excluding hydrogens is 324 g/mol. The fourth-order valence-electron chi connectivity index (χ4n) is 2.90. The van der Waals surface area contributed by atoms with Crippen LogP contribution < -0.4 is 10.6 Å². The summed E-state index contributed by atoms with van der Waals surface area (Å²) in [5.74, 6) is -0.0588. The minimum atomic E-state index is -0.595. The highest BCUT2D eigenvalue weighted by Gasteiger charge is 2.25. The van der Waals surface area contributed by atoms with Crippen LogP contribution in [-0.2, 0) is 0 Å². The Morgan fingerprint density at radius 2 is 1.80 bits per heavy atom. The fourth-order valence-corrected chi connectivity index (χ4v) is 2.90. The maximum Gasteiger partial charge on any atom is 0.292 e. The summed E-state index contributed by atoms with van der Waals surface area (Å²) in [5, 5.41) is 20.9. The van der Waals surface area contributed by atoms with Crippen molar-refractivity contribution >= 4 is 23.0 Å². The van der Waals surface area contributed by atoms with Crippen LogP contribution in [0.3, 0.4) is 0 Å². The van der Waals surface area contributed by atoms with Gasteiger partial charge in [0.1, 0.15) is 11.4 Å². The molecule has 2 aromatic carbocycles. The van der Waals surface area contributed by atoms with Gasteiger partial charge in [0.15, 0.2) is 0 Å². The van der Waals surface area contributed by atoms with Crippen LogP contribution in [0.4, 0.5) is 17.1 Å². The summed E-state index contributed by atoms with van der Waals surface area (Å²) in [6.07, 6.45) is 0. The zero-order chi connectivity index (χ0) is 18.0. The number of phenolic OH excluding ortho intramolecular Hbond substituents is 1. The van der Waals surface area contributed by atoms with Gasteiger partial charge >= 0.3 is 0 Å². The molecule has 1 heterocycles. The van der Waals surface area contributed by atoms with Crippen LogP contribution in [0.1, 0.15) is 10.4 Å². The minimum Gasteiger partial charge on any atom is -0.506 e. The fraction of sp³-hybridized carbons (Fsp3) is 0.235. The molecule has 0 spiro atoms. The number of hydrogen-bond acceptors (Lipinski definition) is 6. The number of nitro groups is 1. The smallest absolute Gasteiger partial charge is 0.292 e. The molecule has 1 aliphatic heterocycles. The summed E-state index contributed by atoms with van der Waals surface area (Å²) < 4.78 is 0. The Morgan fingerprint density at radius 1 is 1.12 bits per heavy atom. The molecule has 1 fully saturated rings. The van der Waals surface area contributed by atoms with Crippen molar-refractivity contribution in [3.8, 4) is 5.75 Å². The van der Waals surface area contributed by atoms with Gasteiger partial charge in [-0.2, -0.15) is 0 Å². The second-order valence-corrected chi connectivity index (χ2v) is 5.80. The summed E-state index contributed by atoms with van der Waals surface area (Å²) in [5.41, 5.74) is 6.32. The molecular formula is C17H18N4O4. The van der Waals surface area contributed by atoms with Crippen LogP contribution in [0.15, 0.2) is 42.5 Å². The minimum absolute atomic E-state index is 0.0333. The van der Waals surface area contributed by atoms with Gasteiger partial charge in [0.05, 0.1) is 10.6 Å². The van der Waals surface area contributed by atoms with Crippen molar-refractivity contribution in [1.82, 2.24) is 4.90 Å². The first kappa shape index (κ1) is 16.6. The number of hydrogen-bond donors (Lipinski definition) is 2. The van der Waals surface area contributed by atoms with E-state index in [1.807, 2.05) is 17.0 Å². The number of rotatable bonds is 3. The molecule has 1 amide bonds. The lowest BCUT2D eigenvalue weighted by molar-refractivity contribution is -0.383. The van der Waals surface area contributed by atoms with Crippen molar-refractivity contribution in [3.05, 3.63) is 58.1 Å². The van der Waals surface area contributed by atoms with E-state index in [0.29, 0.717) is 26.2 Å². The van der Waals surface area contributed by atoms with Crippen LogP contribution >= 0.6 is 0 Å². The number of nitrogen functional groups attached to an aromatic ring is 1. The number of nitrogens with zero attached hydrogens (tertiary/aromatic N) is 3. The van der Waals surface area contributed by atoms with Gasteiger partial charge in [0, 0.05) is 37.8 Å². The van der Waals surface area contributed by atoms with E-state index >= 15 is 0 Å². The SMILES string of the molecule is Nc1ccc(C(=O)N2CCN(c3ccccc3O)CC2)cc1[N+](=O)[O-]. The molecule has 0 bridgehead atoms. The van der Waals surface area contributed by atoms with Gasteiger partial charge in [0.2, 0.25) is 0 Å². The Balaban J connectivity index is 1.71. The number of nitro benzene ring substituents is 1. The molecule has 3 N–H and O–H groups in total. The normalized spacial score (nSPS) is 14.4. The number of para-hydroxylation sites is 2. The molecule has 2 aromatic rings. The predicted molar refractivity (Wildman–Crippen MR) is 93.7 cm³/mol. The third-order valence-corrected chi connectivity index (χ3v) is 4.26. The van der Waals surface area contributed by atoms with E-state index in [-0.39, 0.29) is 28.6 Å². The first-order chi connectivity index (χ1) is 12.0. The van der Waals surface area contributed by atoms with Crippen molar-refractivity contribution in [2.45, 2.75) is 0 Å². The van der Waals surface area contributed by atoms with E-state index in [1.165, 1.54) is 18.2 Å². The summed E-state index contributed by atoms with van der Waals surface area (Å²) >= 11 is 0. The Morgan fingerprint density at radius 3 is 2.44 bits per heavy atom. The van der Waals surface area contributed by atoms with Crippen molar-refractivity contribution in [2.24, 2.45) is 0 Å². The lowest BCUT2D eigenvalue weighted by Gasteiger charge is -2.36. The summed E-state index contributed by atoms with van der Waals surface area (Å²) in [7, 11) is 0. The number of carbonyl (C=O) groups excluding carboxylic acids is 1. The average Bonchev–Trinajstić information content (AvgIpc) is 2.62. The van der Waals surface area contributed by atoms with Crippen LogP contribution in [-0.4, -0.2) is 47.0 Å². The molecule has 130 valence electrons. The molecule has 8 heteroatoms. The van der Waals surface area contributed by atoms with Crippen LogP contribution in [0.25, 0.3) is 0 Å².